The van der Waals surface area contributed by atoms with E-state index < -0.39 is 16.7 Å². The third-order valence-corrected chi connectivity index (χ3v) is 3.48. The van der Waals surface area contributed by atoms with Gasteiger partial charge in [0.25, 0.3) is 0 Å². The molecule has 2 N–H and O–H groups in total. The first kappa shape index (κ1) is 13.1. The monoisotopic (exact) mass is 299 g/mol. The number of pyridine rings is 1. The van der Waals surface area contributed by atoms with Crippen LogP contribution in [-0.2, 0) is 5.00 Å². The number of hydrogen-bond donors (Lipinski definition) is 2. The molecular weight excluding hydrogens is 291 g/mol. The topological polar surface area (TPSA) is 40.7 Å². The van der Waals surface area contributed by atoms with Crippen LogP contribution in [0.5, 0.6) is 0 Å². The standard InChI is InChI=1S/C13H9ClF3N3/c14-12(4-3-9(7-19-12)13(15,16)17)10-6-8-2-1-5-18-11(8)20-10/h1-7,19H,(H,18,20). The van der Waals surface area contributed by atoms with Crippen molar-refractivity contribution in [1.29, 1.82) is 0 Å². The van der Waals surface area contributed by atoms with Crippen molar-refractivity contribution >= 4 is 22.6 Å². The summed E-state index contributed by atoms with van der Waals surface area (Å²) in [5.41, 5.74) is 0.382. The molecule has 1 aliphatic heterocycles. The number of nitrogens with one attached hydrogen (secondary N) is 2. The van der Waals surface area contributed by atoms with E-state index in [0.29, 0.717) is 11.3 Å². The first-order chi connectivity index (χ1) is 9.38. The van der Waals surface area contributed by atoms with Gasteiger partial charge in [-0.05, 0) is 30.4 Å². The summed E-state index contributed by atoms with van der Waals surface area (Å²) in [6, 6.07) is 5.36. The molecule has 0 saturated heterocycles. The quantitative estimate of drug-likeness (QED) is 0.624. The minimum Gasteiger partial charge on any atom is -0.364 e. The van der Waals surface area contributed by atoms with Crippen LogP contribution < -0.4 is 5.32 Å². The van der Waals surface area contributed by atoms with E-state index in [0.717, 1.165) is 17.7 Å². The van der Waals surface area contributed by atoms with Gasteiger partial charge in [0.15, 0.2) is 5.00 Å². The maximum atomic E-state index is 12.5. The second kappa shape index (κ2) is 4.28. The molecule has 2 aromatic heterocycles. The maximum absolute atomic E-state index is 12.5. The van der Waals surface area contributed by atoms with Gasteiger partial charge in [0.2, 0.25) is 0 Å². The maximum Gasteiger partial charge on any atom is 0.417 e. The van der Waals surface area contributed by atoms with E-state index >= 15 is 0 Å². The number of aromatic amines is 1. The molecule has 104 valence electrons. The molecule has 1 aliphatic rings. The Labute approximate surface area is 117 Å². The van der Waals surface area contributed by atoms with E-state index in [-0.39, 0.29) is 0 Å². The first-order valence-electron chi connectivity index (χ1n) is 5.76. The van der Waals surface area contributed by atoms with Gasteiger partial charge in [-0.25, -0.2) is 4.98 Å². The molecule has 0 spiro atoms. The number of alkyl halides is 4. The lowest BCUT2D eigenvalue weighted by Gasteiger charge is -2.27. The summed E-state index contributed by atoms with van der Waals surface area (Å²) in [5.74, 6) is 0. The van der Waals surface area contributed by atoms with E-state index in [1.165, 1.54) is 6.08 Å². The zero-order chi connectivity index (χ0) is 14.4. The minimum atomic E-state index is -4.40. The SMILES string of the molecule is FC(F)(F)C1=CNC(Cl)(c2cc3cccnc3[nH]2)C=C1. The average molecular weight is 300 g/mol. The molecule has 0 aromatic carbocycles. The Balaban J connectivity index is 1.95. The first-order valence-corrected chi connectivity index (χ1v) is 6.14. The van der Waals surface area contributed by atoms with Gasteiger partial charge < -0.3 is 10.3 Å². The highest BCUT2D eigenvalue weighted by Gasteiger charge is 2.37. The number of rotatable bonds is 1. The molecule has 2 aromatic rings. The summed E-state index contributed by atoms with van der Waals surface area (Å²) in [4.78, 5) is 5.87. The Morgan fingerprint density at radius 1 is 1.30 bits per heavy atom. The van der Waals surface area contributed by atoms with Crippen LogP contribution in [0.25, 0.3) is 11.0 Å². The average Bonchev–Trinajstić information content (AvgIpc) is 2.82. The fourth-order valence-corrected chi connectivity index (χ4v) is 2.20. The van der Waals surface area contributed by atoms with Crippen LogP contribution in [0.4, 0.5) is 13.2 Å². The fourth-order valence-electron chi connectivity index (χ4n) is 1.98. The summed E-state index contributed by atoms with van der Waals surface area (Å²) in [5, 5.41) is 3.40. The molecule has 3 nitrogen and oxygen atoms in total. The Bertz CT molecular complexity index is 684. The lowest BCUT2D eigenvalue weighted by atomic mass is 10.1. The number of nitrogens with zero attached hydrogens (tertiary/aromatic N) is 1. The van der Waals surface area contributed by atoms with Crippen LogP contribution in [0, 0.1) is 0 Å². The van der Waals surface area contributed by atoms with Crippen molar-refractivity contribution < 1.29 is 13.2 Å². The summed E-state index contributed by atoms with van der Waals surface area (Å²) < 4.78 is 37.6. The number of H-pyrrole nitrogens is 1. The van der Waals surface area contributed by atoms with E-state index in [2.05, 4.69) is 15.3 Å². The van der Waals surface area contributed by atoms with Crippen LogP contribution in [0.1, 0.15) is 5.69 Å². The molecule has 0 saturated carbocycles. The van der Waals surface area contributed by atoms with Gasteiger partial charge in [0.05, 0.1) is 11.3 Å². The van der Waals surface area contributed by atoms with Gasteiger partial charge in [0, 0.05) is 17.8 Å². The molecule has 1 atom stereocenters. The molecule has 0 fully saturated rings. The Morgan fingerprint density at radius 2 is 2.10 bits per heavy atom. The van der Waals surface area contributed by atoms with Crippen molar-refractivity contribution in [2.24, 2.45) is 0 Å². The summed E-state index contributed by atoms with van der Waals surface area (Å²) in [7, 11) is 0. The normalized spacial score (nSPS) is 22.7. The Morgan fingerprint density at radius 3 is 2.70 bits per heavy atom. The summed E-state index contributed by atoms with van der Waals surface area (Å²) in [6.07, 6.45) is 0.315. The summed E-state index contributed by atoms with van der Waals surface area (Å²) >= 11 is 6.32. The fraction of sp³-hybridized carbons (Fsp3) is 0.154. The molecule has 0 amide bonds. The number of allylic oxidation sites excluding steroid dienone is 2. The van der Waals surface area contributed by atoms with Gasteiger partial charge in [0.1, 0.15) is 5.65 Å². The van der Waals surface area contributed by atoms with Gasteiger partial charge >= 0.3 is 6.18 Å². The molecule has 0 bridgehead atoms. The molecule has 0 radical (unpaired) electrons. The lowest BCUT2D eigenvalue weighted by molar-refractivity contribution is -0.0889. The van der Waals surface area contributed by atoms with Crippen LogP contribution >= 0.6 is 11.6 Å². The van der Waals surface area contributed by atoms with Gasteiger partial charge in [-0.2, -0.15) is 13.2 Å². The smallest absolute Gasteiger partial charge is 0.364 e. The Hall–Kier alpha value is -1.95. The van der Waals surface area contributed by atoms with E-state index in [4.69, 9.17) is 11.6 Å². The van der Waals surface area contributed by atoms with E-state index in [9.17, 15) is 13.2 Å². The molecule has 3 rings (SSSR count). The second-order valence-corrected chi connectivity index (χ2v) is 5.01. The zero-order valence-corrected chi connectivity index (χ0v) is 10.8. The largest absolute Gasteiger partial charge is 0.417 e. The molecule has 7 heteroatoms. The molecule has 20 heavy (non-hydrogen) atoms. The highest BCUT2D eigenvalue weighted by Crippen LogP contribution is 2.35. The molecule has 1 unspecified atom stereocenters. The van der Waals surface area contributed by atoms with Crippen molar-refractivity contribution in [1.82, 2.24) is 15.3 Å². The number of fused-ring (bicyclic) bond motifs is 1. The highest BCUT2D eigenvalue weighted by molar-refractivity contribution is 6.25. The van der Waals surface area contributed by atoms with Crippen LogP contribution in [0.3, 0.4) is 0 Å². The van der Waals surface area contributed by atoms with Crippen molar-refractivity contribution in [3.05, 3.63) is 54.0 Å². The number of dihydropyridines is 1. The van der Waals surface area contributed by atoms with Gasteiger partial charge in [-0.15, -0.1) is 0 Å². The third kappa shape index (κ3) is 2.16. The van der Waals surface area contributed by atoms with Gasteiger partial charge in [-0.3, -0.25) is 0 Å². The van der Waals surface area contributed by atoms with Gasteiger partial charge in [-0.1, -0.05) is 11.6 Å². The number of halogens is 4. The number of hydrogen-bond acceptors (Lipinski definition) is 2. The zero-order valence-electron chi connectivity index (χ0n) is 10.0. The van der Waals surface area contributed by atoms with Crippen molar-refractivity contribution in [2.45, 2.75) is 11.2 Å². The minimum absolute atomic E-state index is 0.529. The van der Waals surface area contributed by atoms with Crippen molar-refractivity contribution in [3.63, 3.8) is 0 Å². The molecular formula is C13H9ClF3N3. The molecule has 0 aliphatic carbocycles. The van der Waals surface area contributed by atoms with Crippen molar-refractivity contribution in [3.8, 4) is 0 Å². The Kier molecular flexibility index (Phi) is 2.79. The lowest BCUT2D eigenvalue weighted by Crippen LogP contribution is -2.35. The van der Waals surface area contributed by atoms with Crippen LogP contribution in [0.15, 0.2) is 48.3 Å². The molecule has 3 heterocycles. The summed E-state index contributed by atoms with van der Waals surface area (Å²) in [6.45, 7) is 0. The van der Waals surface area contributed by atoms with Crippen LogP contribution in [-0.4, -0.2) is 16.1 Å². The highest BCUT2D eigenvalue weighted by atomic mass is 35.5. The predicted molar refractivity (Wildman–Crippen MR) is 70.0 cm³/mol. The number of aromatic nitrogens is 2. The van der Waals surface area contributed by atoms with E-state index in [1.807, 2.05) is 6.07 Å². The predicted octanol–water partition coefficient (Wildman–Crippen LogP) is 3.56. The van der Waals surface area contributed by atoms with Crippen molar-refractivity contribution in [2.75, 3.05) is 0 Å². The van der Waals surface area contributed by atoms with E-state index in [1.54, 1.807) is 18.3 Å². The van der Waals surface area contributed by atoms with Crippen LogP contribution in [0.2, 0.25) is 0 Å². The second-order valence-electron chi connectivity index (χ2n) is 4.41. The third-order valence-electron chi connectivity index (χ3n) is 3.04.